The highest BCUT2D eigenvalue weighted by Gasteiger charge is 2.27. The summed E-state index contributed by atoms with van der Waals surface area (Å²) in [6.07, 6.45) is 4.60. The fraction of sp³-hybridized carbons (Fsp3) is 0.333. The molecule has 0 radical (unpaired) electrons. The fourth-order valence-corrected chi connectivity index (χ4v) is 0.683. The van der Waals surface area contributed by atoms with Gasteiger partial charge in [-0.15, -0.1) is 0 Å². The van der Waals surface area contributed by atoms with Crippen LogP contribution in [0.5, 0.6) is 0 Å². The van der Waals surface area contributed by atoms with E-state index in [0.717, 1.165) is 0 Å². The second-order valence-corrected chi connectivity index (χ2v) is 2.19. The molecule has 0 saturated carbocycles. The van der Waals surface area contributed by atoms with Crippen LogP contribution in [0.2, 0.25) is 0 Å². The van der Waals surface area contributed by atoms with Crippen LogP contribution in [-0.2, 0) is 0 Å². The van der Waals surface area contributed by atoms with Crippen LogP contribution in [0.15, 0.2) is 17.1 Å². The van der Waals surface area contributed by atoms with Crippen molar-refractivity contribution in [3.63, 3.8) is 0 Å². The van der Waals surface area contributed by atoms with E-state index in [1.807, 2.05) is 0 Å². The molecule has 4 heteroatoms. The number of rotatable bonds is 1. The van der Waals surface area contributed by atoms with Crippen molar-refractivity contribution in [2.24, 2.45) is 10.7 Å². The molecule has 1 aliphatic rings. The zero-order valence-electron chi connectivity index (χ0n) is 5.41. The Kier molecular flexibility index (Phi) is 1.55. The lowest BCUT2D eigenvalue weighted by Crippen LogP contribution is -2.45. The molecule has 0 amide bonds. The third-order valence-electron chi connectivity index (χ3n) is 1.36. The molecule has 0 aromatic carbocycles. The summed E-state index contributed by atoms with van der Waals surface area (Å²) in [7, 11) is 0. The Bertz CT molecular complexity index is 209. The van der Waals surface area contributed by atoms with Gasteiger partial charge in [0.05, 0.1) is 6.54 Å². The summed E-state index contributed by atoms with van der Waals surface area (Å²) in [6.45, 7) is 0.152. The Balaban J connectivity index is 2.80. The zero-order chi connectivity index (χ0) is 7.61. The van der Waals surface area contributed by atoms with Crippen molar-refractivity contribution in [1.29, 1.82) is 5.41 Å². The van der Waals surface area contributed by atoms with Crippen LogP contribution in [-0.4, -0.2) is 29.3 Å². The molecular weight excluding hydrogens is 130 g/mol. The molecule has 0 fully saturated rings. The molecule has 4 N–H and O–H groups in total. The topological polar surface area (TPSA) is 82.5 Å². The molecular formula is C6H9N3O. The predicted molar refractivity (Wildman–Crippen MR) is 39.4 cm³/mol. The van der Waals surface area contributed by atoms with Crippen molar-refractivity contribution in [1.82, 2.24) is 0 Å². The maximum atomic E-state index is 9.40. The summed E-state index contributed by atoms with van der Waals surface area (Å²) in [6, 6.07) is 0. The number of amidine groups is 1. The zero-order valence-corrected chi connectivity index (χ0v) is 5.41. The second kappa shape index (κ2) is 2.22. The first-order valence-corrected chi connectivity index (χ1v) is 2.90. The smallest absolute Gasteiger partial charge is 0.159 e. The molecule has 1 heterocycles. The third-order valence-corrected chi connectivity index (χ3v) is 1.36. The van der Waals surface area contributed by atoms with E-state index in [4.69, 9.17) is 11.1 Å². The molecule has 4 nitrogen and oxygen atoms in total. The fourth-order valence-electron chi connectivity index (χ4n) is 0.683. The quantitative estimate of drug-likeness (QED) is 0.331. The van der Waals surface area contributed by atoms with Gasteiger partial charge in [0.15, 0.2) is 5.60 Å². The standard InChI is InChI=1S/C6H9N3O/c7-5(8)6(10)2-1-3-9-4-6/h1-3,10H,4H2,(H3,7,8). The average Bonchev–Trinajstić information content (AvgIpc) is 1.89. The van der Waals surface area contributed by atoms with E-state index in [9.17, 15) is 5.11 Å². The number of hydrogen-bond donors (Lipinski definition) is 3. The van der Waals surface area contributed by atoms with Crippen LogP contribution in [0.1, 0.15) is 0 Å². The van der Waals surface area contributed by atoms with E-state index in [0.29, 0.717) is 0 Å². The molecule has 1 atom stereocenters. The second-order valence-electron chi connectivity index (χ2n) is 2.19. The Morgan fingerprint density at radius 2 is 2.50 bits per heavy atom. The van der Waals surface area contributed by atoms with E-state index in [1.54, 1.807) is 12.3 Å². The van der Waals surface area contributed by atoms with Gasteiger partial charge in [-0.25, -0.2) is 0 Å². The van der Waals surface area contributed by atoms with Gasteiger partial charge in [-0.1, -0.05) is 0 Å². The van der Waals surface area contributed by atoms with E-state index >= 15 is 0 Å². The highest BCUT2D eigenvalue weighted by Crippen LogP contribution is 2.08. The Hall–Kier alpha value is -1.16. The number of nitrogens with one attached hydrogen (secondary N) is 1. The molecule has 0 saturated heterocycles. The number of dihydropyridines is 1. The van der Waals surface area contributed by atoms with Gasteiger partial charge < -0.3 is 10.8 Å². The average molecular weight is 139 g/mol. The van der Waals surface area contributed by atoms with Gasteiger partial charge in [-0.05, 0) is 12.2 Å². The first-order chi connectivity index (χ1) is 4.65. The van der Waals surface area contributed by atoms with Crippen LogP contribution < -0.4 is 5.73 Å². The van der Waals surface area contributed by atoms with Crippen molar-refractivity contribution in [2.75, 3.05) is 6.54 Å². The van der Waals surface area contributed by atoms with Crippen LogP contribution in [0, 0.1) is 5.41 Å². The number of hydrogen-bond acceptors (Lipinski definition) is 3. The number of aliphatic hydroxyl groups is 1. The van der Waals surface area contributed by atoms with E-state index in [2.05, 4.69) is 4.99 Å². The van der Waals surface area contributed by atoms with E-state index < -0.39 is 5.60 Å². The SMILES string of the molecule is N=C(N)C1(O)C=CC=NC1. The van der Waals surface area contributed by atoms with E-state index in [-0.39, 0.29) is 12.4 Å². The minimum atomic E-state index is -1.34. The number of nitrogens with two attached hydrogens (primary N) is 1. The summed E-state index contributed by atoms with van der Waals surface area (Å²) in [4.78, 5) is 3.77. The first-order valence-electron chi connectivity index (χ1n) is 2.90. The highest BCUT2D eigenvalue weighted by atomic mass is 16.3. The van der Waals surface area contributed by atoms with Crippen LogP contribution >= 0.6 is 0 Å². The van der Waals surface area contributed by atoms with Crippen molar-refractivity contribution in [2.45, 2.75) is 5.60 Å². The minimum absolute atomic E-state index is 0.152. The van der Waals surface area contributed by atoms with E-state index in [1.165, 1.54) is 6.08 Å². The molecule has 54 valence electrons. The van der Waals surface area contributed by atoms with Crippen molar-refractivity contribution >= 4 is 12.1 Å². The third kappa shape index (κ3) is 1.06. The minimum Gasteiger partial charge on any atom is -0.385 e. The van der Waals surface area contributed by atoms with Gasteiger partial charge in [0.2, 0.25) is 0 Å². The molecule has 0 aromatic rings. The van der Waals surface area contributed by atoms with Crippen molar-refractivity contribution in [3.8, 4) is 0 Å². The van der Waals surface area contributed by atoms with Crippen LogP contribution in [0.4, 0.5) is 0 Å². The first kappa shape index (κ1) is 6.95. The molecule has 0 bridgehead atoms. The maximum Gasteiger partial charge on any atom is 0.159 e. The van der Waals surface area contributed by atoms with Crippen LogP contribution in [0.25, 0.3) is 0 Å². The molecule has 0 aliphatic carbocycles. The van der Waals surface area contributed by atoms with Gasteiger partial charge in [0.1, 0.15) is 5.84 Å². The molecule has 1 unspecified atom stereocenters. The highest BCUT2D eigenvalue weighted by molar-refractivity contribution is 5.90. The molecule has 0 spiro atoms. The lowest BCUT2D eigenvalue weighted by Gasteiger charge is -2.21. The summed E-state index contributed by atoms with van der Waals surface area (Å²) in [5.41, 5.74) is 3.77. The lowest BCUT2D eigenvalue weighted by atomic mass is 10.0. The van der Waals surface area contributed by atoms with Gasteiger partial charge >= 0.3 is 0 Å². The Labute approximate surface area is 58.6 Å². The number of aliphatic imine (C=N–C) groups is 1. The largest absolute Gasteiger partial charge is 0.385 e. The summed E-state index contributed by atoms with van der Waals surface area (Å²) >= 11 is 0. The molecule has 10 heavy (non-hydrogen) atoms. The normalized spacial score (nSPS) is 30.5. The molecule has 1 rings (SSSR count). The van der Waals surface area contributed by atoms with Gasteiger partial charge in [0, 0.05) is 6.21 Å². The van der Waals surface area contributed by atoms with Crippen LogP contribution in [0.3, 0.4) is 0 Å². The Morgan fingerprint density at radius 3 is 2.80 bits per heavy atom. The summed E-state index contributed by atoms with van der Waals surface area (Å²) in [5, 5.41) is 16.4. The summed E-state index contributed by atoms with van der Waals surface area (Å²) < 4.78 is 0. The van der Waals surface area contributed by atoms with Gasteiger partial charge in [-0.3, -0.25) is 10.4 Å². The van der Waals surface area contributed by atoms with Gasteiger partial charge in [0.25, 0.3) is 0 Å². The monoisotopic (exact) mass is 139 g/mol. The van der Waals surface area contributed by atoms with Gasteiger partial charge in [-0.2, -0.15) is 0 Å². The molecule has 0 aromatic heterocycles. The van der Waals surface area contributed by atoms with Crippen molar-refractivity contribution < 1.29 is 5.11 Å². The predicted octanol–water partition coefficient (Wildman–Crippen LogP) is -0.706. The van der Waals surface area contributed by atoms with Crippen molar-refractivity contribution in [3.05, 3.63) is 12.2 Å². The Morgan fingerprint density at radius 1 is 1.80 bits per heavy atom. The summed E-state index contributed by atoms with van der Waals surface area (Å²) in [5.74, 6) is -0.263. The number of allylic oxidation sites excluding steroid dienone is 1. The lowest BCUT2D eigenvalue weighted by molar-refractivity contribution is 0.169. The maximum absolute atomic E-state index is 9.40. The number of nitrogens with zero attached hydrogens (tertiary/aromatic N) is 1. The molecule has 1 aliphatic heterocycles.